The van der Waals surface area contributed by atoms with Crippen LogP contribution in [0.15, 0.2) is 24.3 Å². The van der Waals surface area contributed by atoms with E-state index in [-0.39, 0.29) is 56.8 Å². The van der Waals surface area contributed by atoms with E-state index in [4.69, 9.17) is 9.47 Å². The zero-order chi connectivity index (χ0) is 31.2. The number of carbonyl (C=O) groups excluding carboxylic acids is 1. The summed E-state index contributed by atoms with van der Waals surface area (Å²) in [7, 11) is 0. The lowest BCUT2D eigenvalue weighted by atomic mass is 9.35. The Labute approximate surface area is 259 Å². The Kier molecular flexibility index (Phi) is 7.41. The zero-order valence-corrected chi connectivity index (χ0v) is 27.9. The molecule has 4 aliphatic carbocycles. The predicted octanol–water partition coefficient (Wildman–Crippen LogP) is 9.14. The Morgan fingerprint density at radius 1 is 0.930 bits per heavy atom. The molecule has 0 spiro atoms. The molecule has 0 radical (unpaired) electrons. The lowest BCUT2D eigenvalue weighted by molar-refractivity contribution is -0.257. The molecule has 240 valence electrons. The van der Waals surface area contributed by atoms with Crippen LogP contribution in [0.3, 0.4) is 0 Å². The summed E-state index contributed by atoms with van der Waals surface area (Å²) in [6.45, 7) is 18.9. The number of rotatable bonds is 3. The van der Waals surface area contributed by atoms with Gasteiger partial charge in [-0.2, -0.15) is 0 Å². The standard InChI is InChI=1S/C37H56FNO4/c1-32(2)16-10-17-37(8,43-32)25-13-19-36(7)30(25)26(40)22-28-34(5)18-15-29(33(3,4)27(34)14-20-35(28,36)6)42-31(41)39-24-12-9-11-23(38)21-24/h9,11-12,21,25-30,40H,10,13-20,22H2,1-8H3,(H,39,41)/t25-,26+,27-,28+,29-,30-,34-,35+,36+,37+/m0/s1. The van der Waals surface area contributed by atoms with Crippen LogP contribution in [-0.2, 0) is 9.47 Å². The number of ether oxygens (including phenoxy) is 2. The number of fused-ring (bicyclic) bond motifs is 5. The third-order valence-electron chi connectivity index (χ3n) is 14.4. The van der Waals surface area contributed by atoms with E-state index < -0.39 is 6.09 Å². The zero-order valence-electron chi connectivity index (χ0n) is 27.9. The van der Waals surface area contributed by atoms with E-state index in [0.717, 1.165) is 57.8 Å². The van der Waals surface area contributed by atoms with E-state index in [2.05, 4.69) is 60.7 Å². The molecule has 0 aromatic heterocycles. The van der Waals surface area contributed by atoms with Gasteiger partial charge >= 0.3 is 6.09 Å². The van der Waals surface area contributed by atoms with Gasteiger partial charge in [-0.1, -0.05) is 40.7 Å². The first kappa shape index (κ1) is 31.3. The number of aliphatic hydroxyl groups is 1. The van der Waals surface area contributed by atoms with Crippen LogP contribution in [0.5, 0.6) is 0 Å². The molecule has 4 saturated carbocycles. The van der Waals surface area contributed by atoms with Gasteiger partial charge in [-0.3, -0.25) is 5.32 Å². The highest BCUT2D eigenvalue weighted by molar-refractivity contribution is 5.84. The van der Waals surface area contributed by atoms with Crippen LogP contribution in [0.4, 0.5) is 14.9 Å². The lowest BCUT2D eigenvalue weighted by Gasteiger charge is -2.70. The molecule has 6 rings (SSSR count). The second-order valence-corrected chi connectivity index (χ2v) is 17.4. The molecule has 0 unspecified atom stereocenters. The minimum Gasteiger partial charge on any atom is -0.445 e. The second kappa shape index (κ2) is 10.2. The number of carbonyl (C=O) groups is 1. The third-order valence-corrected chi connectivity index (χ3v) is 14.4. The Balaban J connectivity index is 1.23. The fourth-order valence-corrected chi connectivity index (χ4v) is 12.3. The van der Waals surface area contributed by atoms with Crippen molar-refractivity contribution in [2.24, 2.45) is 45.3 Å². The number of hydrogen-bond donors (Lipinski definition) is 2. The largest absolute Gasteiger partial charge is 0.445 e. The van der Waals surface area contributed by atoms with Crippen LogP contribution in [0.25, 0.3) is 0 Å². The molecule has 5 aliphatic rings. The predicted molar refractivity (Wildman–Crippen MR) is 168 cm³/mol. The van der Waals surface area contributed by atoms with E-state index in [1.165, 1.54) is 18.6 Å². The Bertz CT molecular complexity index is 1250. The van der Waals surface area contributed by atoms with Crippen molar-refractivity contribution in [3.05, 3.63) is 30.1 Å². The van der Waals surface area contributed by atoms with E-state index in [0.29, 0.717) is 23.4 Å². The van der Waals surface area contributed by atoms with Gasteiger partial charge in [0, 0.05) is 11.1 Å². The average molecular weight is 598 g/mol. The summed E-state index contributed by atoms with van der Waals surface area (Å²) in [5.41, 5.74) is 0.143. The van der Waals surface area contributed by atoms with Crippen LogP contribution >= 0.6 is 0 Å². The molecule has 1 heterocycles. The SMILES string of the molecule is CC1(C)CCC[C@](C)([C@H]2CC[C@]3(C)[C@@H]2[C@H](O)C[C@@H]2[C@@]4(C)CC[C@H](OC(=O)Nc5cccc(F)c5)C(C)(C)[C@@H]4CC[C@]23C)O1. The summed E-state index contributed by atoms with van der Waals surface area (Å²) in [6, 6.07) is 5.93. The smallest absolute Gasteiger partial charge is 0.411 e. The van der Waals surface area contributed by atoms with Crippen molar-refractivity contribution in [1.82, 2.24) is 0 Å². The first-order valence-electron chi connectivity index (χ1n) is 17.1. The van der Waals surface area contributed by atoms with Crippen molar-refractivity contribution in [3.8, 4) is 0 Å². The van der Waals surface area contributed by atoms with Crippen molar-refractivity contribution < 1.29 is 23.8 Å². The normalized spacial score (nSPS) is 46.7. The summed E-state index contributed by atoms with van der Waals surface area (Å²) in [5.74, 6) is 1.04. The first-order chi connectivity index (χ1) is 20.0. The minimum atomic E-state index is -0.519. The van der Waals surface area contributed by atoms with Crippen LogP contribution < -0.4 is 5.32 Å². The van der Waals surface area contributed by atoms with Gasteiger partial charge < -0.3 is 14.6 Å². The summed E-state index contributed by atoms with van der Waals surface area (Å²) in [6.07, 6.45) is 9.47. The van der Waals surface area contributed by atoms with Crippen LogP contribution in [0, 0.1) is 51.1 Å². The summed E-state index contributed by atoms with van der Waals surface area (Å²) < 4.78 is 26.7. The number of hydrogen-bond acceptors (Lipinski definition) is 4. The molecular formula is C37H56FNO4. The monoisotopic (exact) mass is 597 g/mol. The quantitative estimate of drug-likeness (QED) is 0.365. The van der Waals surface area contributed by atoms with Crippen LogP contribution in [0.2, 0.25) is 0 Å². The summed E-state index contributed by atoms with van der Waals surface area (Å²) in [5, 5.41) is 14.9. The minimum absolute atomic E-state index is 0.0513. The molecule has 5 nitrogen and oxygen atoms in total. The lowest BCUT2D eigenvalue weighted by Crippen LogP contribution is -2.67. The van der Waals surface area contributed by atoms with Crippen molar-refractivity contribution in [2.45, 2.75) is 143 Å². The second-order valence-electron chi connectivity index (χ2n) is 17.4. The van der Waals surface area contributed by atoms with Crippen molar-refractivity contribution >= 4 is 11.8 Å². The van der Waals surface area contributed by atoms with Crippen LogP contribution in [-0.4, -0.2) is 34.6 Å². The molecule has 2 N–H and O–H groups in total. The first-order valence-corrected chi connectivity index (χ1v) is 17.1. The Hall–Kier alpha value is -1.66. The molecule has 10 atom stereocenters. The molecule has 1 aromatic rings. The van der Waals surface area contributed by atoms with Gasteiger partial charge in [0.15, 0.2) is 0 Å². The number of aliphatic hydroxyl groups excluding tert-OH is 1. The van der Waals surface area contributed by atoms with Crippen molar-refractivity contribution in [2.75, 3.05) is 5.32 Å². The molecule has 1 saturated heterocycles. The summed E-state index contributed by atoms with van der Waals surface area (Å²) in [4.78, 5) is 12.9. The molecule has 43 heavy (non-hydrogen) atoms. The molecule has 1 aromatic carbocycles. The molecule has 5 fully saturated rings. The van der Waals surface area contributed by atoms with E-state index in [1.54, 1.807) is 12.1 Å². The third kappa shape index (κ3) is 4.78. The van der Waals surface area contributed by atoms with Crippen LogP contribution in [0.1, 0.15) is 120 Å². The average Bonchev–Trinajstić information content (AvgIpc) is 3.27. The maximum atomic E-state index is 13.7. The number of halogens is 1. The number of anilines is 1. The molecule has 6 heteroatoms. The van der Waals surface area contributed by atoms with Gasteiger partial charge in [-0.05, 0) is 143 Å². The number of amides is 1. The van der Waals surface area contributed by atoms with Gasteiger partial charge in [0.25, 0.3) is 0 Å². The molecular weight excluding hydrogens is 541 g/mol. The maximum Gasteiger partial charge on any atom is 0.411 e. The van der Waals surface area contributed by atoms with Crippen molar-refractivity contribution in [3.63, 3.8) is 0 Å². The van der Waals surface area contributed by atoms with Crippen molar-refractivity contribution in [1.29, 1.82) is 0 Å². The Morgan fingerprint density at radius 2 is 1.65 bits per heavy atom. The number of benzene rings is 1. The van der Waals surface area contributed by atoms with Gasteiger partial charge in [-0.15, -0.1) is 0 Å². The van der Waals surface area contributed by atoms with Gasteiger partial charge in [0.05, 0.1) is 17.3 Å². The fourth-order valence-electron chi connectivity index (χ4n) is 12.3. The fraction of sp³-hybridized carbons (Fsp3) is 0.811. The van der Waals surface area contributed by atoms with E-state index in [9.17, 15) is 14.3 Å². The number of nitrogens with one attached hydrogen (secondary N) is 1. The van der Waals surface area contributed by atoms with Gasteiger partial charge in [0.1, 0.15) is 11.9 Å². The molecule has 0 bridgehead atoms. The van der Waals surface area contributed by atoms with E-state index >= 15 is 0 Å². The Morgan fingerprint density at radius 3 is 2.35 bits per heavy atom. The maximum absolute atomic E-state index is 13.7. The van der Waals surface area contributed by atoms with E-state index in [1.807, 2.05) is 0 Å². The molecule has 1 aliphatic heterocycles. The highest BCUT2D eigenvalue weighted by Gasteiger charge is 2.72. The molecule has 1 amide bonds. The van der Waals surface area contributed by atoms with Gasteiger partial charge in [-0.25, -0.2) is 9.18 Å². The summed E-state index contributed by atoms with van der Waals surface area (Å²) >= 11 is 0. The van der Waals surface area contributed by atoms with Gasteiger partial charge in [0.2, 0.25) is 0 Å². The highest BCUT2D eigenvalue weighted by Crippen LogP contribution is 2.76. The highest BCUT2D eigenvalue weighted by atomic mass is 19.1. The topological polar surface area (TPSA) is 67.8 Å².